The summed E-state index contributed by atoms with van der Waals surface area (Å²) in [7, 11) is 0. The molecule has 168 valence electrons. The van der Waals surface area contributed by atoms with E-state index in [-0.39, 0.29) is 11.9 Å². The number of aromatic amines is 1. The van der Waals surface area contributed by atoms with E-state index in [1.54, 1.807) is 0 Å². The van der Waals surface area contributed by atoms with Gasteiger partial charge in [-0.2, -0.15) is 5.10 Å². The number of nitrogens with zero attached hydrogens (tertiary/aromatic N) is 2. The van der Waals surface area contributed by atoms with Crippen molar-refractivity contribution >= 4 is 5.91 Å². The number of amides is 1. The molecule has 3 aromatic rings. The van der Waals surface area contributed by atoms with Gasteiger partial charge in [0.05, 0.1) is 18.3 Å². The van der Waals surface area contributed by atoms with Crippen LogP contribution in [0, 0.1) is 12.8 Å². The fraction of sp³-hybridized carbons (Fsp3) is 0.407. The second kappa shape index (κ2) is 9.60. The fourth-order valence-corrected chi connectivity index (χ4v) is 4.19. The second-order valence-corrected chi connectivity index (χ2v) is 9.08. The van der Waals surface area contributed by atoms with Gasteiger partial charge in [-0.3, -0.25) is 9.89 Å². The molecule has 1 aliphatic heterocycles. The molecule has 4 rings (SSSR count). The number of H-pyrrole nitrogens is 1. The van der Waals surface area contributed by atoms with Crippen molar-refractivity contribution in [2.45, 2.75) is 53.0 Å². The average molecular weight is 432 g/mol. The SMILES string of the molecule is CCCCN1C(=O)c2[nH]nc(-c3ccc(C)cc3)c2C1c1ccc(OCCC(C)C)cc1. The molecule has 0 bridgehead atoms. The highest BCUT2D eigenvalue weighted by molar-refractivity contribution is 6.00. The Morgan fingerprint density at radius 2 is 1.81 bits per heavy atom. The van der Waals surface area contributed by atoms with Gasteiger partial charge >= 0.3 is 0 Å². The van der Waals surface area contributed by atoms with Crippen LogP contribution in [0.15, 0.2) is 48.5 Å². The van der Waals surface area contributed by atoms with E-state index in [2.05, 4.69) is 74.3 Å². The molecule has 0 radical (unpaired) electrons. The van der Waals surface area contributed by atoms with E-state index < -0.39 is 0 Å². The largest absolute Gasteiger partial charge is 0.494 e. The summed E-state index contributed by atoms with van der Waals surface area (Å²) in [6.07, 6.45) is 3.04. The maximum atomic E-state index is 13.3. The van der Waals surface area contributed by atoms with E-state index in [4.69, 9.17) is 4.74 Å². The lowest BCUT2D eigenvalue weighted by Crippen LogP contribution is -2.30. The Morgan fingerprint density at radius 1 is 1.09 bits per heavy atom. The Hall–Kier alpha value is -3.08. The summed E-state index contributed by atoms with van der Waals surface area (Å²) in [4.78, 5) is 15.3. The van der Waals surface area contributed by atoms with Gasteiger partial charge in [-0.1, -0.05) is 69.2 Å². The molecule has 0 saturated heterocycles. The summed E-state index contributed by atoms with van der Waals surface area (Å²) in [6, 6.07) is 16.4. The van der Waals surface area contributed by atoms with Gasteiger partial charge in [0.2, 0.25) is 0 Å². The Balaban J connectivity index is 1.68. The van der Waals surface area contributed by atoms with Crippen LogP contribution >= 0.6 is 0 Å². The minimum atomic E-state index is -0.149. The van der Waals surface area contributed by atoms with Crippen LogP contribution in [0.1, 0.15) is 73.3 Å². The molecule has 1 atom stereocenters. The van der Waals surface area contributed by atoms with Gasteiger partial charge in [0.25, 0.3) is 5.91 Å². The van der Waals surface area contributed by atoms with E-state index in [9.17, 15) is 4.79 Å². The van der Waals surface area contributed by atoms with Gasteiger partial charge in [-0.05, 0) is 43.4 Å². The summed E-state index contributed by atoms with van der Waals surface area (Å²) in [6.45, 7) is 10.1. The van der Waals surface area contributed by atoms with Crippen molar-refractivity contribution in [2.75, 3.05) is 13.2 Å². The first-order valence-corrected chi connectivity index (χ1v) is 11.7. The number of aryl methyl sites for hydroxylation is 1. The molecule has 1 amide bonds. The topological polar surface area (TPSA) is 58.2 Å². The third-order valence-electron chi connectivity index (χ3n) is 6.10. The third-order valence-corrected chi connectivity index (χ3v) is 6.10. The number of carbonyl (C=O) groups excluding carboxylic acids is 1. The third kappa shape index (κ3) is 4.43. The molecule has 5 heteroatoms. The van der Waals surface area contributed by atoms with E-state index in [1.807, 2.05) is 17.0 Å². The van der Waals surface area contributed by atoms with Crippen LogP contribution in [0.4, 0.5) is 0 Å². The number of ether oxygens (including phenoxy) is 1. The van der Waals surface area contributed by atoms with Crippen molar-refractivity contribution in [3.63, 3.8) is 0 Å². The fourth-order valence-electron chi connectivity index (χ4n) is 4.19. The molecule has 2 aromatic carbocycles. The van der Waals surface area contributed by atoms with E-state index in [0.29, 0.717) is 18.2 Å². The maximum absolute atomic E-state index is 13.3. The number of fused-ring (bicyclic) bond motifs is 1. The zero-order chi connectivity index (χ0) is 22.7. The maximum Gasteiger partial charge on any atom is 0.273 e. The summed E-state index contributed by atoms with van der Waals surface area (Å²) in [5.41, 5.74) is 5.75. The molecule has 0 spiro atoms. The van der Waals surface area contributed by atoms with Crippen molar-refractivity contribution in [1.82, 2.24) is 15.1 Å². The van der Waals surface area contributed by atoms with E-state index >= 15 is 0 Å². The predicted molar refractivity (Wildman–Crippen MR) is 128 cm³/mol. The van der Waals surface area contributed by atoms with Crippen LogP contribution in [0.3, 0.4) is 0 Å². The molecule has 1 aromatic heterocycles. The molecule has 0 saturated carbocycles. The van der Waals surface area contributed by atoms with Gasteiger partial charge in [0.1, 0.15) is 11.4 Å². The number of unbranched alkanes of at least 4 members (excludes halogenated alkanes) is 1. The lowest BCUT2D eigenvalue weighted by atomic mass is 9.95. The van der Waals surface area contributed by atoms with Gasteiger partial charge < -0.3 is 9.64 Å². The number of hydrogen-bond acceptors (Lipinski definition) is 3. The number of hydrogen-bond donors (Lipinski definition) is 1. The number of rotatable bonds is 9. The molecular formula is C27H33N3O2. The zero-order valence-electron chi connectivity index (χ0n) is 19.5. The van der Waals surface area contributed by atoms with Gasteiger partial charge in [0, 0.05) is 17.7 Å². The van der Waals surface area contributed by atoms with Crippen LogP contribution in [-0.2, 0) is 0 Å². The van der Waals surface area contributed by atoms with Crippen LogP contribution in [0.2, 0.25) is 0 Å². The molecule has 0 aliphatic carbocycles. The summed E-state index contributed by atoms with van der Waals surface area (Å²) in [5, 5.41) is 7.60. The highest BCUT2D eigenvalue weighted by atomic mass is 16.5. The number of benzene rings is 2. The predicted octanol–water partition coefficient (Wildman–Crippen LogP) is 6.16. The van der Waals surface area contributed by atoms with E-state index in [0.717, 1.165) is 53.9 Å². The minimum Gasteiger partial charge on any atom is -0.494 e. The summed E-state index contributed by atoms with van der Waals surface area (Å²) in [5.74, 6) is 1.51. The van der Waals surface area contributed by atoms with Gasteiger partial charge in [0.15, 0.2) is 0 Å². The number of carbonyl (C=O) groups is 1. The lowest BCUT2D eigenvalue weighted by Gasteiger charge is -2.26. The van der Waals surface area contributed by atoms with E-state index in [1.165, 1.54) is 5.56 Å². The minimum absolute atomic E-state index is 0.0292. The zero-order valence-corrected chi connectivity index (χ0v) is 19.5. The Bertz CT molecular complexity index is 1050. The van der Waals surface area contributed by atoms with Crippen LogP contribution in [0.5, 0.6) is 5.75 Å². The molecule has 1 N–H and O–H groups in total. The van der Waals surface area contributed by atoms with Crippen molar-refractivity contribution in [1.29, 1.82) is 0 Å². The molecule has 5 nitrogen and oxygen atoms in total. The standard InChI is InChI=1S/C27H33N3O2/c1-5-6-16-30-26(21-11-13-22(14-12-21)32-17-15-18(2)3)23-24(28-29-25(23)27(30)31)20-9-7-19(4)8-10-20/h7-14,18,26H,5-6,15-17H2,1-4H3,(H,28,29). The molecule has 0 fully saturated rings. The first-order valence-electron chi connectivity index (χ1n) is 11.7. The van der Waals surface area contributed by atoms with Crippen molar-refractivity contribution in [2.24, 2.45) is 5.92 Å². The smallest absolute Gasteiger partial charge is 0.273 e. The normalized spacial score (nSPS) is 15.5. The molecule has 2 heterocycles. The van der Waals surface area contributed by atoms with Crippen molar-refractivity contribution < 1.29 is 9.53 Å². The first-order chi connectivity index (χ1) is 15.5. The highest BCUT2D eigenvalue weighted by Gasteiger charge is 2.41. The second-order valence-electron chi connectivity index (χ2n) is 9.08. The van der Waals surface area contributed by atoms with Crippen molar-refractivity contribution in [3.05, 3.63) is 70.9 Å². The quantitative estimate of drug-likeness (QED) is 0.442. The van der Waals surface area contributed by atoms with Crippen molar-refractivity contribution in [3.8, 4) is 17.0 Å². The first kappa shape index (κ1) is 22.1. The Labute approximate surface area is 190 Å². The lowest BCUT2D eigenvalue weighted by molar-refractivity contribution is 0.0741. The average Bonchev–Trinajstić information content (AvgIpc) is 3.32. The molecule has 1 unspecified atom stereocenters. The van der Waals surface area contributed by atoms with Gasteiger partial charge in [-0.25, -0.2) is 0 Å². The van der Waals surface area contributed by atoms with Crippen LogP contribution < -0.4 is 4.74 Å². The monoisotopic (exact) mass is 431 g/mol. The summed E-state index contributed by atoms with van der Waals surface area (Å²) < 4.78 is 5.91. The molecule has 32 heavy (non-hydrogen) atoms. The van der Waals surface area contributed by atoms with Gasteiger partial charge in [-0.15, -0.1) is 0 Å². The highest BCUT2D eigenvalue weighted by Crippen LogP contribution is 2.43. The molecule has 1 aliphatic rings. The van der Waals surface area contributed by atoms with Crippen LogP contribution in [0.25, 0.3) is 11.3 Å². The number of aromatic nitrogens is 2. The van der Waals surface area contributed by atoms with Crippen LogP contribution in [-0.4, -0.2) is 34.2 Å². The Morgan fingerprint density at radius 3 is 2.47 bits per heavy atom. The molecular weight excluding hydrogens is 398 g/mol. The number of nitrogens with one attached hydrogen (secondary N) is 1. The summed E-state index contributed by atoms with van der Waals surface area (Å²) >= 11 is 0. The Kier molecular flexibility index (Phi) is 6.63.